The van der Waals surface area contributed by atoms with Gasteiger partial charge in [-0.25, -0.2) is 0 Å². The molecule has 1 aromatic rings. The van der Waals surface area contributed by atoms with E-state index in [4.69, 9.17) is 9.47 Å². The van der Waals surface area contributed by atoms with Crippen LogP contribution in [0.25, 0.3) is 0 Å². The van der Waals surface area contributed by atoms with Crippen LogP contribution < -0.4 is 5.32 Å². The second kappa shape index (κ2) is 8.56. The number of hydrogen-bond acceptors (Lipinski definition) is 5. The van der Waals surface area contributed by atoms with Crippen LogP contribution >= 0.6 is 0 Å². The summed E-state index contributed by atoms with van der Waals surface area (Å²) in [5, 5.41) is 2.98. The van der Waals surface area contributed by atoms with Crippen LogP contribution in [0.5, 0.6) is 0 Å². The van der Waals surface area contributed by atoms with Crippen molar-refractivity contribution < 1.29 is 23.9 Å². The molecule has 1 N–H and O–H groups in total. The monoisotopic (exact) mass is 403 g/mol. The van der Waals surface area contributed by atoms with E-state index >= 15 is 0 Å². The van der Waals surface area contributed by atoms with Crippen LogP contribution in [0.3, 0.4) is 0 Å². The normalized spacial score (nSPS) is 19.2. The second-order valence-electron chi connectivity index (χ2n) is 9.75. The fraction of sp³-hybridized carbons (Fsp3) is 0.609. The Hall–Kier alpha value is -2.37. The Balaban J connectivity index is 2.21. The molecule has 1 aliphatic rings. The van der Waals surface area contributed by atoms with Gasteiger partial charge in [-0.15, -0.1) is 0 Å². The third-order valence-corrected chi connectivity index (χ3v) is 5.01. The van der Waals surface area contributed by atoms with Crippen LogP contribution in [0, 0.1) is 17.8 Å². The first-order valence-corrected chi connectivity index (χ1v) is 10.1. The molecule has 29 heavy (non-hydrogen) atoms. The Bertz CT molecular complexity index is 785. The van der Waals surface area contributed by atoms with E-state index in [9.17, 15) is 14.4 Å². The number of aryl methyl sites for hydroxylation is 1. The summed E-state index contributed by atoms with van der Waals surface area (Å²) in [4.78, 5) is 37.0. The number of esters is 2. The third kappa shape index (κ3) is 5.58. The lowest BCUT2D eigenvalue weighted by atomic mass is 9.81. The molecule has 0 radical (unpaired) electrons. The predicted molar refractivity (Wildman–Crippen MR) is 111 cm³/mol. The molecule has 1 heterocycles. The fourth-order valence-corrected chi connectivity index (χ4v) is 3.26. The first-order chi connectivity index (χ1) is 13.3. The molecule has 160 valence electrons. The van der Waals surface area contributed by atoms with Crippen molar-refractivity contribution >= 4 is 17.8 Å². The molecule has 6 heteroatoms. The molecule has 0 aliphatic carbocycles. The van der Waals surface area contributed by atoms with Gasteiger partial charge in [-0.05, 0) is 66.0 Å². The zero-order valence-corrected chi connectivity index (χ0v) is 18.5. The van der Waals surface area contributed by atoms with Gasteiger partial charge >= 0.3 is 11.9 Å². The minimum atomic E-state index is -0.620. The Morgan fingerprint density at radius 2 is 1.59 bits per heavy atom. The molecule has 0 fully saturated rings. The van der Waals surface area contributed by atoms with Crippen molar-refractivity contribution in [3.8, 4) is 0 Å². The molecule has 6 nitrogen and oxygen atoms in total. The maximum absolute atomic E-state index is 12.7. The summed E-state index contributed by atoms with van der Waals surface area (Å²) in [5.41, 5.74) is 1.25. The molecular formula is C23H33NO5. The maximum Gasteiger partial charge on any atom is 0.311 e. The van der Waals surface area contributed by atoms with E-state index in [0.717, 1.165) is 11.1 Å². The van der Waals surface area contributed by atoms with Crippen LogP contribution in [0.2, 0.25) is 0 Å². The molecule has 0 unspecified atom stereocenters. The van der Waals surface area contributed by atoms with Crippen molar-refractivity contribution in [3.05, 3.63) is 34.9 Å². The Morgan fingerprint density at radius 3 is 2.17 bits per heavy atom. The molecule has 1 amide bonds. The number of fused-ring (bicyclic) bond motifs is 1. The van der Waals surface area contributed by atoms with Crippen LogP contribution in [0.4, 0.5) is 0 Å². The van der Waals surface area contributed by atoms with Crippen molar-refractivity contribution in [2.75, 3.05) is 13.2 Å². The van der Waals surface area contributed by atoms with Crippen molar-refractivity contribution in [1.29, 1.82) is 0 Å². The molecular weight excluding hydrogens is 370 g/mol. The zero-order chi connectivity index (χ0) is 22.0. The molecule has 0 aromatic heterocycles. The van der Waals surface area contributed by atoms with Crippen molar-refractivity contribution in [3.63, 3.8) is 0 Å². The molecule has 2 rings (SSSR count). The zero-order valence-electron chi connectivity index (χ0n) is 18.5. The van der Waals surface area contributed by atoms with E-state index in [2.05, 4.69) is 5.32 Å². The average Bonchev–Trinajstić information content (AvgIpc) is 2.59. The SMILES string of the molecule is Cc1cccc2c1C(=O)N[C@@H](COC(=O)C(C)(C)C)[C@@H]2CCOC(=O)C(C)(C)C. The number of rotatable bonds is 5. The van der Waals surface area contributed by atoms with Gasteiger partial charge in [0.15, 0.2) is 0 Å². The van der Waals surface area contributed by atoms with Gasteiger partial charge in [-0.3, -0.25) is 14.4 Å². The quantitative estimate of drug-likeness (QED) is 0.757. The summed E-state index contributed by atoms with van der Waals surface area (Å²) in [5.74, 6) is -0.877. The van der Waals surface area contributed by atoms with Gasteiger partial charge in [0, 0.05) is 11.5 Å². The van der Waals surface area contributed by atoms with E-state index in [1.807, 2.05) is 45.9 Å². The molecule has 0 bridgehead atoms. The standard InChI is InChI=1S/C23H33NO5/c1-14-9-8-10-16-15(11-12-28-20(26)22(2,3)4)17(24-19(25)18(14)16)13-29-21(27)23(5,6)7/h8-10,15,17H,11-13H2,1-7H3,(H,24,25)/t15-,17+/m1/s1. The first kappa shape index (κ1) is 22.9. The second-order valence-corrected chi connectivity index (χ2v) is 9.75. The number of benzene rings is 1. The Kier molecular flexibility index (Phi) is 6.76. The van der Waals surface area contributed by atoms with Crippen molar-refractivity contribution in [2.24, 2.45) is 10.8 Å². The summed E-state index contributed by atoms with van der Waals surface area (Å²) in [7, 11) is 0. The molecule has 0 spiro atoms. The lowest BCUT2D eigenvalue weighted by Crippen LogP contribution is -2.48. The number of nitrogens with one attached hydrogen (secondary N) is 1. The highest BCUT2D eigenvalue weighted by Crippen LogP contribution is 2.33. The summed E-state index contributed by atoms with van der Waals surface area (Å²) < 4.78 is 10.9. The predicted octanol–water partition coefficient (Wildman–Crippen LogP) is 3.76. The summed E-state index contributed by atoms with van der Waals surface area (Å²) in [6.45, 7) is 13.0. The summed E-state index contributed by atoms with van der Waals surface area (Å²) in [6.07, 6.45) is 0.524. The molecule has 1 aromatic carbocycles. The lowest BCUT2D eigenvalue weighted by molar-refractivity contribution is -0.153. The topological polar surface area (TPSA) is 81.7 Å². The first-order valence-electron chi connectivity index (χ1n) is 10.1. The number of carbonyl (C=O) groups is 3. The fourth-order valence-electron chi connectivity index (χ4n) is 3.26. The van der Waals surface area contributed by atoms with Crippen LogP contribution in [0.15, 0.2) is 18.2 Å². The van der Waals surface area contributed by atoms with E-state index in [-0.39, 0.29) is 43.0 Å². The highest BCUT2D eigenvalue weighted by Gasteiger charge is 2.36. The number of amides is 1. The highest BCUT2D eigenvalue weighted by molar-refractivity contribution is 5.98. The van der Waals surface area contributed by atoms with Crippen LogP contribution in [0.1, 0.15) is 75.4 Å². The van der Waals surface area contributed by atoms with Gasteiger partial charge in [0.25, 0.3) is 5.91 Å². The van der Waals surface area contributed by atoms with Crippen LogP contribution in [-0.2, 0) is 19.1 Å². The van der Waals surface area contributed by atoms with Crippen LogP contribution in [-0.4, -0.2) is 37.1 Å². The summed E-state index contributed by atoms with van der Waals surface area (Å²) in [6, 6.07) is 5.36. The number of hydrogen-bond donors (Lipinski definition) is 1. The minimum absolute atomic E-state index is 0.0765. The molecule has 1 aliphatic heterocycles. The van der Waals surface area contributed by atoms with Gasteiger partial charge in [0.1, 0.15) is 6.61 Å². The summed E-state index contributed by atoms with van der Waals surface area (Å²) >= 11 is 0. The maximum atomic E-state index is 12.7. The van der Waals surface area contributed by atoms with Gasteiger partial charge in [-0.2, -0.15) is 0 Å². The van der Waals surface area contributed by atoms with E-state index < -0.39 is 10.8 Å². The van der Waals surface area contributed by atoms with Gasteiger partial charge in [0.05, 0.1) is 23.5 Å². The third-order valence-electron chi connectivity index (χ3n) is 5.01. The van der Waals surface area contributed by atoms with E-state index in [0.29, 0.717) is 12.0 Å². The van der Waals surface area contributed by atoms with Gasteiger partial charge in [0.2, 0.25) is 0 Å². The smallest absolute Gasteiger partial charge is 0.311 e. The van der Waals surface area contributed by atoms with Gasteiger partial charge < -0.3 is 14.8 Å². The molecule has 0 saturated heterocycles. The van der Waals surface area contributed by atoms with Crippen molar-refractivity contribution in [2.45, 2.75) is 66.8 Å². The van der Waals surface area contributed by atoms with E-state index in [1.54, 1.807) is 20.8 Å². The van der Waals surface area contributed by atoms with E-state index in [1.165, 1.54) is 0 Å². The average molecular weight is 404 g/mol. The largest absolute Gasteiger partial charge is 0.465 e. The molecule has 0 saturated carbocycles. The van der Waals surface area contributed by atoms with Crippen molar-refractivity contribution in [1.82, 2.24) is 5.32 Å². The Morgan fingerprint density at radius 1 is 1.00 bits per heavy atom. The lowest BCUT2D eigenvalue weighted by Gasteiger charge is -2.35. The Labute approximate surface area is 173 Å². The molecule has 2 atom stereocenters. The number of ether oxygens (including phenoxy) is 2. The van der Waals surface area contributed by atoms with Gasteiger partial charge in [-0.1, -0.05) is 18.2 Å². The number of carbonyl (C=O) groups excluding carboxylic acids is 3. The highest BCUT2D eigenvalue weighted by atomic mass is 16.5. The minimum Gasteiger partial charge on any atom is -0.465 e.